The Morgan fingerprint density at radius 2 is 1.81 bits per heavy atom. The average molecular weight is 313 g/mol. The zero-order valence-corrected chi connectivity index (χ0v) is 13.7. The van der Waals surface area contributed by atoms with Gasteiger partial charge in [0, 0.05) is 11.7 Å². The molecule has 0 aliphatic carbocycles. The van der Waals surface area contributed by atoms with Crippen LogP contribution in [0.25, 0.3) is 0 Å². The van der Waals surface area contributed by atoms with Gasteiger partial charge >= 0.3 is 0 Å². The largest absolute Gasteiger partial charge is 0.383 e. The first-order chi connectivity index (χ1) is 9.90. The zero-order valence-electron chi connectivity index (χ0n) is 12.9. The van der Waals surface area contributed by atoms with Crippen LogP contribution in [0.2, 0.25) is 0 Å². The predicted octanol–water partition coefficient (Wildman–Crippen LogP) is 3.46. The summed E-state index contributed by atoms with van der Waals surface area (Å²) >= 11 is 0. The van der Waals surface area contributed by atoms with Gasteiger partial charge in [-0.1, -0.05) is 45.1 Å². The smallest absolute Gasteiger partial charge is 0.296 e. The Morgan fingerprint density at radius 1 is 1.14 bits per heavy atom. The van der Waals surface area contributed by atoms with Crippen LogP contribution in [0.3, 0.4) is 0 Å². The summed E-state index contributed by atoms with van der Waals surface area (Å²) in [7, 11) is -3.72. The van der Waals surface area contributed by atoms with Gasteiger partial charge in [-0.25, -0.2) is 5.14 Å². The standard InChI is InChI=1S/C15H27N3O2S/c1-3-4-5-6-7-9-13(2)17-14-10-8-11-15(12-14)18-21(16,19)20/h8,10-13,17-18H,3-7,9H2,1-2H3,(H2,16,19,20). The topological polar surface area (TPSA) is 84.2 Å². The molecule has 4 N–H and O–H groups in total. The van der Waals surface area contributed by atoms with E-state index in [1.165, 1.54) is 32.1 Å². The highest BCUT2D eigenvalue weighted by Gasteiger charge is 2.05. The fourth-order valence-corrected chi connectivity index (χ4v) is 2.70. The van der Waals surface area contributed by atoms with Gasteiger partial charge in [0.15, 0.2) is 0 Å². The number of hydrogen-bond donors (Lipinski definition) is 3. The van der Waals surface area contributed by atoms with Gasteiger partial charge in [-0.15, -0.1) is 0 Å². The first-order valence-electron chi connectivity index (χ1n) is 7.58. The van der Waals surface area contributed by atoms with Crippen LogP contribution < -0.4 is 15.2 Å². The second-order valence-electron chi connectivity index (χ2n) is 5.48. The Kier molecular flexibility index (Phi) is 7.53. The van der Waals surface area contributed by atoms with Crippen molar-refractivity contribution in [1.82, 2.24) is 0 Å². The third kappa shape index (κ3) is 8.57. The van der Waals surface area contributed by atoms with Gasteiger partial charge in [0.2, 0.25) is 0 Å². The van der Waals surface area contributed by atoms with Crippen LogP contribution in [0.4, 0.5) is 11.4 Å². The Bertz CT molecular complexity index is 517. The summed E-state index contributed by atoms with van der Waals surface area (Å²) in [6.45, 7) is 4.35. The fraction of sp³-hybridized carbons (Fsp3) is 0.600. The fourth-order valence-electron chi connectivity index (χ4n) is 2.25. The third-order valence-corrected chi connectivity index (χ3v) is 3.80. The molecule has 0 aliphatic rings. The maximum Gasteiger partial charge on any atom is 0.296 e. The molecule has 0 amide bonds. The second-order valence-corrected chi connectivity index (χ2v) is 6.77. The molecule has 0 saturated heterocycles. The van der Waals surface area contributed by atoms with E-state index in [-0.39, 0.29) is 0 Å². The lowest BCUT2D eigenvalue weighted by Crippen LogP contribution is -2.22. The zero-order chi connectivity index (χ0) is 15.7. The van der Waals surface area contributed by atoms with E-state index < -0.39 is 10.2 Å². The first-order valence-corrected chi connectivity index (χ1v) is 9.12. The van der Waals surface area contributed by atoms with E-state index in [0.717, 1.165) is 12.1 Å². The molecule has 5 nitrogen and oxygen atoms in total. The molecule has 0 heterocycles. The molecular formula is C15H27N3O2S. The van der Waals surface area contributed by atoms with Crippen molar-refractivity contribution in [3.8, 4) is 0 Å². The van der Waals surface area contributed by atoms with Crippen molar-refractivity contribution in [2.75, 3.05) is 10.0 Å². The molecule has 1 rings (SSSR count). The number of benzene rings is 1. The van der Waals surface area contributed by atoms with Crippen molar-refractivity contribution in [1.29, 1.82) is 0 Å². The highest BCUT2D eigenvalue weighted by Crippen LogP contribution is 2.18. The van der Waals surface area contributed by atoms with Gasteiger partial charge in [0.05, 0.1) is 5.69 Å². The maximum absolute atomic E-state index is 11.0. The molecular weight excluding hydrogens is 286 g/mol. The van der Waals surface area contributed by atoms with Gasteiger partial charge in [0.1, 0.15) is 0 Å². The van der Waals surface area contributed by atoms with Crippen LogP contribution >= 0.6 is 0 Å². The normalized spacial score (nSPS) is 12.9. The molecule has 1 aromatic carbocycles. The highest BCUT2D eigenvalue weighted by atomic mass is 32.2. The monoisotopic (exact) mass is 313 g/mol. The van der Waals surface area contributed by atoms with E-state index in [1.807, 2.05) is 6.07 Å². The van der Waals surface area contributed by atoms with Crippen LogP contribution in [0.15, 0.2) is 24.3 Å². The molecule has 0 bridgehead atoms. The molecule has 1 aromatic rings. The lowest BCUT2D eigenvalue weighted by atomic mass is 10.1. The summed E-state index contributed by atoms with van der Waals surface area (Å²) in [6, 6.07) is 7.49. The van der Waals surface area contributed by atoms with Gasteiger partial charge in [-0.2, -0.15) is 8.42 Å². The SMILES string of the molecule is CCCCCCCC(C)Nc1cccc(NS(N)(=O)=O)c1. The van der Waals surface area contributed by atoms with Crippen molar-refractivity contribution >= 4 is 21.6 Å². The van der Waals surface area contributed by atoms with Crippen LogP contribution in [0.1, 0.15) is 52.4 Å². The summed E-state index contributed by atoms with van der Waals surface area (Å²) in [6.07, 6.45) is 7.46. The number of nitrogens with one attached hydrogen (secondary N) is 2. The Morgan fingerprint density at radius 3 is 2.48 bits per heavy atom. The summed E-state index contributed by atoms with van der Waals surface area (Å²) in [5.74, 6) is 0. The number of rotatable bonds is 10. The second kappa shape index (κ2) is 8.89. The van der Waals surface area contributed by atoms with Crippen molar-refractivity contribution in [2.24, 2.45) is 5.14 Å². The van der Waals surface area contributed by atoms with Gasteiger partial charge in [-0.05, 0) is 31.5 Å². The van der Waals surface area contributed by atoms with Crippen molar-refractivity contribution in [3.63, 3.8) is 0 Å². The van der Waals surface area contributed by atoms with E-state index >= 15 is 0 Å². The van der Waals surface area contributed by atoms with Crippen LogP contribution in [0, 0.1) is 0 Å². The van der Waals surface area contributed by atoms with E-state index in [0.29, 0.717) is 11.7 Å². The lowest BCUT2D eigenvalue weighted by Gasteiger charge is -2.16. The minimum absolute atomic E-state index is 0.358. The molecule has 1 unspecified atom stereocenters. The third-order valence-electron chi connectivity index (χ3n) is 3.28. The van der Waals surface area contributed by atoms with Crippen molar-refractivity contribution in [2.45, 2.75) is 58.4 Å². The molecule has 0 saturated carbocycles. The molecule has 21 heavy (non-hydrogen) atoms. The molecule has 120 valence electrons. The summed E-state index contributed by atoms with van der Waals surface area (Å²) in [5.41, 5.74) is 1.36. The molecule has 0 spiro atoms. The number of unbranched alkanes of at least 4 members (excludes halogenated alkanes) is 4. The molecule has 0 radical (unpaired) electrons. The minimum Gasteiger partial charge on any atom is -0.383 e. The van der Waals surface area contributed by atoms with Crippen LogP contribution in [-0.4, -0.2) is 14.5 Å². The molecule has 6 heteroatoms. The first kappa shape index (κ1) is 17.8. The van der Waals surface area contributed by atoms with Crippen LogP contribution in [-0.2, 0) is 10.2 Å². The van der Waals surface area contributed by atoms with Crippen molar-refractivity contribution < 1.29 is 8.42 Å². The Hall–Kier alpha value is -1.27. The van der Waals surface area contributed by atoms with Gasteiger partial charge in [-0.3, -0.25) is 4.72 Å². The Labute approximate surface area is 128 Å². The van der Waals surface area contributed by atoms with Gasteiger partial charge in [0.25, 0.3) is 10.2 Å². The average Bonchev–Trinajstić information content (AvgIpc) is 2.37. The number of hydrogen-bond acceptors (Lipinski definition) is 3. The summed E-state index contributed by atoms with van der Waals surface area (Å²) < 4.78 is 24.3. The minimum atomic E-state index is -3.72. The number of anilines is 2. The predicted molar refractivity (Wildman–Crippen MR) is 89.6 cm³/mol. The molecule has 0 fully saturated rings. The van der Waals surface area contributed by atoms with E-state index in [4.69, 9.17) is 5.14 Å². The Balaban J connectivity index is 2.41. The maximum atomic E-state index is 11.0. The molecule has 0 aliphatic heterocycles. The summed E-state index contributed by atoms with van der Waals surface area (Å²) in [4.78, 5) is 0. The highest BCUT2D eigenvalue weighted by molar-refractivity contribution is 7.90. The van der Waals surface area contributed by atoms with Crippen LogP contribution in [0.5, 0.6) is 0 Å². The lowest BCUT2D eigenvalue weighted by molar-refractivity contribution is 0.578. The van der Waals surface area contributed by atoms with Gasteiger partial charge < -0.3 is 5.32 Å². The van der Waals surface area contributed by atoms with E-state index in [2.05, 4.69) is 23.9 Å². The quantitative estimate of drug-likeness (QED) is 0.578. The molecule has 0 aromatic heterocycles. The van der Waals surface area contributed by atoms with E-state index in [9.17, 15) is 8.42 Å². The molecule has 1 atom stereocenters. The summed E-state index contributed by atoms with van der Waals surface area (Å²) in [5, 5.41) is 8.35. The van der Waals surface area contributed by atoms with E-state index in [1.54, 1.807) is 18.2 Å². The number of nitrogens with two attached hydrogens (primary N) is 1. The van der Waals surface area contributed by atoms with Crippen molar-refractivity contribution in [3.05, 3.63) is 24.3 Å².